The molecule has 13 heavy (non-hydrogen) atoms. The molecule has 0 aliphatic carbocycles. The second-order valence-corrected chi connectivity index (χ2v) is 5.94. The molecule has 0 spiro atoms. The Morgan fingerprint density at radius 3 is 1.77 bits per heavy atom. The van der Waals surface area contributed by atoms with Crippen LogP contribution >= 0.6 is 0 Å². The predicted octanol–water partition coefficient (Wildman–Crippen LogP) is -0.158. The molecule has 1 saturated heterocycles. The van der Waals surface area contributed by atoms with Gasteiger partial charge in [-0.3, -0.25) is 0 Å². The van der Waals surface area contributed by atoms with Crippen LogP contribution in [-0.4, -0.2) is 74.6 Å². The molecule has 0 aromatic heterocycles. The second kappa shape index (κ2) is 6.00. The highest BCUT2D eigenvalue weighted by molar-refractivity contribution is 6.28. The summed E-state index contributed by atoms with van der Waals surface area (Å²) in [6.07, 6.45) is 0. The molecule has 1 fully saturated rings. The molecule has 4 heteroatoms. The van der Waals surface area contributed by atoms with Crippen LogP contribution in [-0.2, 0) is 0 Å². The molecule has 1 heterocycles. The van der Waals surface area contributed by atoms with Gasteiger partial charge in [-0.05, 0) is 33.2 Å². The van der Waals surface area contributed by atoms with Crippen LogP contribution in [0.4, 0.5) is 0 Å². The molecule has 0 bridgehead atoms. The number of hydrogen-bond donors (Lipinski definition) is 0. The number of nitrogens with zero attached hydrogens (tertiary/aromatic N) is 3. The highest BCUT2D eigenvalue weighted by Crippen LogP contribution is 1.97. The predicted molar refractivity (Wildman–Crippen MR) is 59.1 cm³/mol. The standard InChI is InChI=1S/C9H21N3.Al.H/c1-4-10-6-8-12(3)9-7-11-5-2;;/h4-9H2,1-3H3;;/q-2;+2;. The first kappa shape index (κ1) is 11.5. The van der Waals surface area contributed by atoms with Gasteiger partial charge in [0.05, 0.1) is 0 Å². The van der Waals surface area contributed by atoms with Crippen LogP contribution in [0.1, 0.15) is 13.8 Å². The van der Waals surface area contributed by atoms with Crippen molar-refractivity contribution < 1.29 is 0 Å². The van der Waals surface area contributed by atoms with Crippen molar-refractivity contribution in [2.75, 3.05) is 46.3 Å². The van der Waals surface area contributed by atoms with Crippen molar-refractivity contribution in [2.45, 2.75) is 13.8 Å². The maximum absolute atomic E-state index is 2.65. The van der Waals surface area contributed by atoms with Crippen molar-refractivity contribution >= 4 is 15.7 Å². The smallest absolute Gasteiger partial charge is 0.373 e. The van der Waals surface area contributed by atoms with E-state index in [0.717, 1.165) is 0 Å². The van der Waals surface area contributed by atoms with Crippen LogP contribution in [0.2, 0.25) is 0 Å². The number of hydrogen-bond acceptors (Lipinski definition) is 3. The Bertz CT molecular complexity index is 129. The van der Waals surface area contributed by atoms with Crippen molar-refractivity contribution in [3.8, 4) is 0 Å². The molecule has 76 valence electrons. The Morgan fingerprint density at radius 1 is 0.923 bits per heavy atom. The Hall–Kier alpha value is 0.412. The van der Waals surface area contributed by atoms with Crippen LogP contribution in [0.25, 0.3) is 0 Å². The molecule has 0 aromatic rings. The van der Waals surface area contributed by atoms with E-state index < -0.39 is 0 Å². The summed E-state index contributed by atoms with van der Waals surface area (Å²) in [6.45, 7) is 12.1. The summed E-state index contributed by atoms with van der Waals surface area (Å²) in [5, 5.41) is 0. The van der Waals surface area contributed by atoms with Crippen molar-refractivity contribution in [3.63, 3.8) is 0 Å². The van der Waals surface area contributed by atoms with Gasteiger partial charge < -0.3 is 12.7 Å². The lowest BCUT2D eigenvalue weighted by molar-refractivity contribution is 0.242. The van der Waals surface area contributed by atoms with E-state index in [1.807, 2.05) is 0 Å². The third-order valence-corrected chi connectivity index (χ3v) is 5.22. The fraction of sp³-hybridized carbons (Fsp3) is 1.00. The molecular weight excluding hydrogens is 177 g/mol. The van der Waals surface area contributed by atoms with E-state index in [9.17, 15) is 0 Å². The van der Waals surface area contributed by atoms with Gasteiger partial charge in [-0.2, -0.15) is 0 Å². The lowest BCUT2D eigenvalue weighted by Crippen LogP contribution is -2.49. The summed E-state index contributed by atoms with van der Waals surface area (Å²) in [4.78, 5) is 2.44. The van der Waals surface area contributed by atoms with E-state index in [-0.39, 0.29) is 15.7 Å². The zero-order chi connectivity index (χ0) is 9.68. The SMILES string of the molecule is CC[N]1CCN(C)CC[N](CC)[AlH]1. The number of rotatable bonds is 2. The average molecular weight is 199 g/mol. The monoisotopic (exact) mass is 199 g/mol. The average Bonchev–Trinajstić information content (AvgIpc) is 2.13. The Kier molecular flexibility index (Phi) is 5.30. The first-order chi connectivity index (χ1) is 6.26. The lowest BCUT2D eigenvalue weighted by atomic mass is 10.4. The molecule has 3 nitrogen and oxygen atoms in total. The molecule has 0 N–H and O–H groups in total. The Morgan fingerprint density at radius 2 is 1.38 bits per heavy atom. The fourth-order valence-electron chi connectivity index (χ4n) is 1.68. The minimum Gasteiger partial charge on any atom is -0.373 e. The minimum atomic E-state index is -0.103. The zero-order valence-electron chi connectivity index (χ0n) is 9.29. The Labute approximate surface area is 88.8 Å². The summed E-state index contributed by atoms with van der Waals surface area (Å²) < 4.78 is 5.30. The lowest BCUT2D eigenvalue weighted by Gasteiger charge is -2.33. The first-order valence-electron chi connectivity index (χ1n) is 5.39. The minimum absolute atomic E-state index is 0.103. The quantitative estimate of drug-likeness (QED) is 0.572. The first-order valence-corrected chi connectivity index (χ1v) is 6.66. The second-order valence-electron chi connectivity index (χ2n) is 3.87. The largest absolute Gasteiger partial charge is 0.463 e. The van der Waals surface area contributed by atoms with Gasteiger partial charge in [0.25, 0.3) is 0 Å². The maximum atomic E-state index is 2.65. The molecule has 1 aliphatic rings. The van der Waals surface area contributed by atoms with E-state index in [2.05, 4.69) is 33.6 Å². The van der Waals surface area contributed by atoms with E-state index in [1.54, 1.807) is 0 Å². The van der Waals surface area contributed by atoms with Crippen LogP contribution < -0.4 is 0 Å². The zero-order valence-corrected chi connectivity index (χ0v) is 10.7. The van der Waals surface area contributed by atoms with Gasteiger partial charge in [-0.25, -0.2) is 0 Å². The van der Waals surface area contributed by atoms with Crippen molar-refractivity contribution in [1.82, 2.24) is 12.7 Å². The summed E-state index contributed by atoms with van der Waals surface area (Å²) in [5.74, 6) is 0. The number of likely N-dealkylation sites (N-methyl/N-ethyl adjacent to an activating group) is 3. The molecule has 0 unspecified atom stereocenters. The molecule has 0 saturated carbocycles. The Balaban J connectivity index is 2.42. The molecule has 0 atom stereocenters. The van der Waals surface area contributed by atoms with Crippen molar-refractivity contribution in [2.24, 2.45) is 0 Å². The van der Waals surface area contributed by atoms with Crippen molar-refractivity contribution in [3.05, 3.63) is 0 Å². The van der Waals surface area contributed by atoms with Gasteiger partial charge in [0.2, 0.25) is 0 Å². The van der Waals surface area contributed by atoms with Gasteiger partial charge in [0, 0.05) is 13.1 Å². The van der Waals surface area contributed by atoms with Crippen LogP contribution in [0.15, 0.2) is 0 Å². The summed E-state index contributed by atoms with van der Waals surface area (Å²) in [7, 11) is 2.23. The summed E-state index contributed by atoms with van der Waals surface area (Å²) in [6, 6.07) is 0. The molecule has 0 aromatic carbocycles. The van der Waals surface area contributed by atoms with Gasteiger partial charge in [-0.15, -0.1) is 0 Å². The van der Waals surface area contributed by atoms with Gasteiger partial charge in [-0.1, -0.05) is 13.8 Å². The normalized spacial score (nSPS) is 23.6. The molecule has 0 amide bonds. The van der Waals surface area contributed by atoms with Gasteiger partial charge in [0.15, 0.2) is 0 Å². The van der Waals surface area contributed by atoms with Crippen molar-refractivity contribution in [1.29, 1.82) is 0 Å². The molecular formula is C9H22AlN3. The van der Waals surface area contributed by atoms with E-state index >= 15 is 0 Å². The fourth-order valence-corrected chi connectivity index (χ4v) is 3.21. The molecule has 1 rings (SSSR count). The van der Waals surface area contributed by atoms with E-state index in [1.165, 1.54) is 39.3 Å². The topological polar surface area (TPSA) is 9.72 Å². The third kappa shape index (κ3) is 3.97. The van der Waals surface area contributed by atoms with E-state index in [4.69, 9.17) is 0 Å². The van der Waals surface area contributed by atoms with Crippen LogP contribution in [0.5, 0.6) is 0 Å². The summed E-state index contributed by atoms with van der Waals surface area (Å²) in [5.41, 5.74) is 0. The third-order valence-electron chi connectivity index (χ3n) is 2.89. The molecule has 0 radical (unpaired) electrons. The highest BCUT2D eigenvalue weighted by Gasteiger charge is 2.17. The van der Waals surface area contributed by atoms with Crippen LogP contribution in [0, 0.1) is 0 Å². The summed E-state index contributed by atoms with van der Waals surface area (Å²) >= 11 is -0.103. The van der Waals surface area contributed by atoms with E-state index in [0.29, 0.717) is 0 Å². The highest BCUT2D eigenvalue weighted by atomic mass is 27.1. The maximum Gasteiger partial charge on any atom is 0.463 e. The van der Waals surface area contributed by atoms with Crippen LogP contribution in [0.3, 0.4) is 0 Å². The van der Waals surface area contributed by atoms with Gasteiger partial charge in [0.1, 0.15) is 0 Å². The van der Waals surface area contributed by atoms with Gasteiger partial charge >= 0.3 is 15.7 Å². The molecule has 1 aliphatic heterocycles.